The SMILES string of the molecule is CCOC(=O)c1c(NC(=O)CCc2nc(CCl)no2)sc2c1CCCC2. The monoisotopic (exact) mass is 397 g/mol. The van der Waals surface area contributed by atoms with Crippen molar-refractivity contribution < 1.29 is 18.8 Å². The molecule has 1 N–H and O–H groups in total. The Labute approximate surface area is 160 Å². The minimum Gasteiger partial charge on any atom is -0.462 e. The fraction of sp³-hybridized carbons (Fsp3) is 0.529. The van der Waals surface area contributed by atoms with E-state index < -0.39 is 0 Å². The lowest BCUT2D eigenvalue weighted by atomic mass is 9.95. The number of anilines is 1. The van der Waals surface area contributed by atoms with E-state index in [4.69, 9.17) is 20.9 Å². The number of halogens is 1. The number of carbonyl (C=O) groups excluding carboxylic acids is 2. The van der Waals surface area contributed by atoms with E-state index in [1.807, 2.05) is 0 Å². The first kappa shape index (κ1) is 18.8. The van der Waals surface area contributed by atoms with E-state index >= 15 is 0 Å². The maximum absolute atomic E-state index is 12.4. The van der Waals surface area contributed by atoms with Crippen LogP contribution in [0, 0.1) is 0 Å². The van der Waals surface area contributed by atoms with Gasteiger partial charge >= 0.3 is 5.97 Å². The third-order valence-corrected chi connectivity index (χ3v) is 5.55. The second-order valence-corrected chi connectivity index (χ2v) is 7.29. The van der Waals surface area contributed by atoms with Crippen molar-refractivity contribution in [2.24, 2.45) is 0 Å². The van der Waals surface area contributed by atoms with Gasteiger partial charge in [0.1, 0.15) is 5.00 Å². The van der Waals surface area contributed by atoms with Crippen LogP contribution < -0.4 is 5.32 Å². The molecule has 0 saturated carbocycles. The number of hydrogen-bond donors (Lipinski definition) is 1. The summed E-state index contributed by atoms with van der Waals surface area (Å²) in [4.78, 5) is 30.0. The van der Waals surface area contributed by atoms with E-state index in [0.29, 0.717) is 35.3 Å². The molecule has 26 heavy (non-hydrogen) atoms. The van der Waals surface area contributed by atoms with Crippen LogP contribution in [-0.2, 0) is 34.7 Å². The number of carbonyl (C=O) groups is 2. The Hall–Kier alpha value is -1.93. The summed E-state index contributed by atoms with van der Waals surface area (Å²) in [6.07, 6.45) is 4.42. The van der Waals surface area contributed by atoms with Crippen LogP contribution in [0.5, 0.6) is 0 Å². The van der Waals surface area contributed by atoms with Crippen LogP contribution in [0.15, 0.2) is 4.52 Å². The minimum atomic E-state index is -0.370. The lowest BCUT2D eigenvalue weighted by Gasteiger charge is -2.12. The third-order valence-electron chi connectivity index (χ3n) is 4.10. The number of aromatic nitrogens is 2. The number of esters is 1. The first-order valence-corrected chi connectivity index (χ1v) is 9.96. The number of nitrogens with one attached hydrogen (secondary N) is 1. The van der Waals surface area contributed by atoms with Crippen molar-refractivity contribution in [2.75, 3.05) is 11.9 Å². The molecule has 0 atom stereocenters. The molecule has 7 nitrogen and oxygen atoms in total. The summed E-state index contributed by atoms with van der Waals surface area (Å²) in [6.45, 7) is 2.07. The summed E-state index contributed by atoms with van der Waals surface area (Å²) < 4.78 is 10.2. The van der Waals surface area contributed by atoms with Gasteiger partial charge in [-0.15, -0.1) is 22.9 Å². The van der Waals surface area contributed by atoms with Crippen molar-refractivity contribution in [3.8, 4) is 0 Å². The van der Waals surface area contributed by atoms with Crippen LogP contribution in [0.1, 0.15) is 58.7 Å². The first-order chi connectivity index (χ1) is 12.6. The van der Waals surface area contributed by atoms with E-state index in [-0.39, 0.29) is 24.2 Å². The lowest BCUT2D eigenvalue weighted by molar-refractivity contribution is -0.116. The van der Waals surface area contributed by atoms with Crippen LogP contribution in [0.2, 0.25) is 0 Å². The molecule has 0 aromatic carbocycles. The molecule has 140 valence electrons. The second kappa shape index (κ2) is 8.64. The Morgan fingerprint density at radius 1 is 1.35 bits per heavy atom. The standard InChI is InChI=1S/C17H20ClN3O4S/c1-2-24-17(23)15-10-5-3-4-6-11(10)26-16(15)20-13(22)7-8-14-19-12(9-18)21-25-14/h2-9H2,1H3,(H,20,22). The summed E-state index contributed by atoms with van der Waals surface area (Å²) in [5.74, 6) is 0.356. The molecule has 0 spiro atoms. The highest BCUT2D eigenvalue weighted by Crippen LogP contribution is 2.38. The van der Waals surface area contributed by atoms with E-state index in [1.165, 1.54) is 16.2 Å². The smallest absolute Gasteiger partial charge is 0.341 e. The van der Waals surface area contributed by atoms with Gasteiger partial charge in [0, 0.05) is 17.7 Å². The summed E-state index contributed by atoms with van der Waals surface area (Å²) in [5, 5.41) is 7.13. The normalized spacial score (nSPS) is 13.3. The fourth-order valence-corrected chi connectivity index (χ4v) is 4.33. The number of thiophene rings is 1. The zero-order chi connectivity index (χ0) is 18.5. The van der Waals surface area contributed by atoms with Crippen LogP contribution in [0.4, 0.5) is 5.00 Å². The number of alkyl halides is 1. The zero-order valence-corrected chi connectivity index (χ0v) is 16.0. The Balaban J connectivity index is 1.70. The predicted molar refractivity (Wildman–Crippen MR) is 97.7 cm³/mol. The highest BCUT2D eigenvalue weighted by atomic mass is 35.5. The molecule has 0 unspecified atom stereocenters. The lowest BCUT2D eigenvalue weighted by Crippen LogP contribution is -2.16. The second-order valence-electron chi connectivity index (χ2n) is 5.92. The molecule has 0 bridgehead atoms. The van der Waals surface area contributed by atoms with Gasteiger partial charge in [-0.3, -0.25) is 4.79 Å². The molecule has 0 fully saturated rings. The number of ether oxygens (including phenoxy) is 1. The Morgan fingerprint density at radius 2 is 2.15 bits per heavy atom. The molecule has 0 aliphatic heterocycles. The van der Waals surface area contributed by atoms with Gasteiger partial charge in [-0.25, -0.2) is 4.79 Å². The minimum absolute atomic E-state index is 0.166. The molecule has 0 saturated heterocycles. The average molecular weight is 398 g/mol. The van der Waals surface area contributed by atoms with Gasteiger partial charge in [0.15, 0.2) is 5.82 Å². The molecule has 2 aromatic rings. The van der Waals surface area contributed by atoms with Gasteiger partial charge in [0.25, 0.3) is 0 Å². The van der Waals surface area contributed by atoms with Gasteiger partial charge in [-0.1, -0.05) is 5.16 Å². The van der Waals surface area contributed by atoms with Gasteiger partial charge in [-0.2, -0.15) is 4.98 Å². The van der Waals surface area contributed by atoms with Crippen molar-refractivity contribution in [1.82, 2.24) is 10.1 Å². The van der Waals surface area contributed by atoms with Gasteiger partial charge in [-0.05, 0) is 38.2 Å². The number of aryl methyl sites for hydroxylation is 2. The largest absolute Gasteiger partial charge is 0.462 e. The Bertz CT molecular complexity index is 802. The van der Waals surface area contributed by atoms with E-state index in [2.05, 4.69) is 15.5 Å². The van der Waals surface area contributed by atoms with E-state index in [1.54, 1.807) is 6.92 Å². The maximum atomic E-state index is 12.4. The molecule has 9 heteroatoms. The van der Waals surface area contributed by atoms with Crippen LogP contribution in [0.25, 0.3) is 0 Å². The van der Waals surface area contributed by atoms with Gasteiger partial charge in [0.05, 0.1) is 18.1 Å². The molecular formula is C17H20ClN3O4S. The number of fused-ring (bicyclic) bond motifs is 1. The summed E-state index contributed by atoms with van der Waals surface area (Å²) >= 11 is 7.10. The molecule has 1 amide bonds. The van der Waals surface area contributed by atoms with Crippen molar-refractivity contribution in [2.45, 2.75) is 51.3 Å². The van der Waals surface area contributed by atoms with Crippen molar-refractivity contribution in [1.29, 1.82) is 0 Å². The van der Waals surface area contributed by atoms with Gasteiger partial charge < -0.3 is 14.6 Å². The first-order valence-electron chi connectivity index (χ1n) is 8.61. The molecule has 3 rings (SSSR count). The van der Waals surface area contributed by atoms with Crippen LogP contribution in [-0.4, -0.2) is 28.6 Å². The summed E-state index contributed by atoms with van der Waals surface area (Å²) in [5.41, 5.74) is 1.54. The Kier molecular flexibility index (Phi) is 6.26. The Morgan fingerprint density at radius 3 is 2.88 bits per heavy atom. The molecule has 1 aliphatic rings. The quantitative estimate of drug-likeness (QED) is 0.567. The van der Waals surface area contributed by atoms with Crippen LogP contribution >= 0.6 is 22.9 Å². The number of hydrogen-bond acceptors (Lipinski definition) is 7. The fourth-order valence-electron chi connectivity index (χ4n) is 2.93. The van der Waals surface area contributed by atoms with E-state index in [9.17, 15) is 9.59 Å². The number of nitrogens with zero attached hydrogens (tertiary/aromatic N) is 2. The topological polar surface area (TPSA) is 94.3 Å². The molecule has 2 heterocycles. The third kappa shape index (κ3) is 4.24. The molecule has 0 radical (unpaired) electrons. The molecule has 2 aromatic heterocycles. The number of amides is 1. The maximum Gasteiger partial charge on any atom is 0.341 e. The van der Waals surface area contributed by atoms with Crippen molar-refractivity contribution in [3.63, 3.8) is 0 Å². The summed E-state index contributed by atoms with van der Waals surface area (Å²) in [7, 11) is 0. The molecular weight excluding hydrogens is 378 g/mol. The highest BCUT2D eigenvalue weighted by molar-refractivity contribution is 7.17. The predicted octanol–water partition coefficient (Wildman–Crippen LogP) is 3.50. The number of rotatable bonds is 7. The highest BCUT2D eigenvalue weighted by Gasteiger charge is 2.27. The summed E-state index contributed by atoms with van der Waals surface area (Å²) in [6, 6.07) is 0. The van der Waals surface area contributed by atoms with Crippen molar-refractivity contribution >= 4 is 39.8 Å². The van der Waals surface area contributed by atoms with Crippen molar-refractivity contribution in [3.05, 3.63) is 27.7 Å². The van der Waals surface area contributed by atoms with Gasteiger partial charge in [0.2, 0.25) is 11.8 Å². The van der Waals surface area contributed by atoms with E-state index in [0.717, 1.165) is 31.2 Å². The average Bonchev–Trinajstić information content (AvgIpc) is 3.24. The molecule has 1 aliphatic carbocycles. The zero-order valence-electron chi connectivity index (χ0n) is 14.5. The van der Waals surface area contributed by atoms with Crippen LogP contribution in [0.3, 0.4) is 0 Å².